The van der Waals surface area contributed by atoms with Crippen molar-refractivity contribution in [3.05, 3.63) is 29.6 Å². The molecule has 128 valence electrons. The summed E-state index contributed by atoms with van der Waals surface area (Å²) in [6, 6.07) is 6.25. The highest BCUT2D eigenvalue weighted by Crippen LogP contribution is 2.30. The van der Waals surface area contributed by atoms with E-state index in [1.807, 2.05) is 24.7 Å². The molecule has 0 spiro atoms. The molecule has 4 heterocycles. The number of hydrogen-bond acceptors (Lipinski definition) is 7. The zero-order valence-corrected chi connectivity index (χ0v) is 15.0. The van der Waals surface area contributed by atoms with Crippen LogP contribution in [0, 0.1) is 18.3 Å². The molecule has 1 N–H and O–H groups in total. The lowest BCUT2D eigenvalue weighted by Crippen LogP contribution is -2.39. The van der Waals surface area contributed by atoms with Crippen molar-refractivity contribution in [2.24, 2.45) is 7.05 Å². The van der Waals surface area contributed by atoms with Gasteiger partial charge in [0, 0.05) is 32.4 Å². The number of fused-ring (bicyclic) bond motifs is 1. The van der Waals surface area contributed by atoms with Crippen LogP contribution in [0.15, 0.2) is 18.3 Å². The van der Waals surface area contributed by atoms with Gasteiger partial charge in [-0.25, -0.2) is 14.6 Å². The molecule has 7 nitrogen and oxygen atoms in total. The lowest BCUT2D eigenvalue weighted by atomic mass is 10.0. The summed E-state index contributed by atoms with van der Waals surface area (Å²) in [6.07, 6.45) is 3.74. The molecule has 0 bridgehead atoms. The van der Waals surface area contributed by atoms with Crippen molar-refractivity contribution in [1.29, 1.82) is 5.26 Å². The van der Waals surface area contributed by atoms with Crippen LogP contribution >= 0.6 is 11.3 Å². The molecule has 0 aromatic carbocycles. The molecule has 4 rings (SSSR count). The van der Waals surface area contributed by atoms with Crippen molar-refractivity contribution in [3.63, 3.8) is 0 Å². The number of pyridine rings is 1. The van der Waals surface area contributed by atoms with Crippen molar-refractivity contribution in [1.82, 2.24) is 19.7 Å². The van der Waals surface area contributed by atoms with E-state index in [0.29, 0.717) is 11.6 Å². The van der Waals surface area contributed by atoms with Crippen LogP contribution in [0.4, 0.5) is 10.9 Å². The van der Waals surface area contributed by atoms with E-state index in [2.05, 4.69) is 31.4 Å². The third-order valence-corrected chi connectivity index (χ3v) is 5.66. The highest BCUT2D eigenvalue weighted by molar-refractivity contribution is 7.22. The standard InChI is InChI=1S/C17H19N7S/c1-11-14-16(23(2)22-11)21-17(25-14)20-13-5-8-24(9-6-13)15-12(10-18)4-3-7-19-15/h3-4,7,13H,5-6,8-9H2,1-2H3,(H,20,21). The Morgan fingerprint density at radius 1 is 1.36 bits per heavy atom. The van der Waals surface area contributed by atoms with Gasteiger partial charge in [-0.1, -0.05) is 11.3 Å². The van der Waals surface area contributed by atoms with Gasteiger partial charge in [0.05, 0.1) is 16.0 Å². The highest BCUT2D eigenvalue weighted by Gasteiger charge is 2.23. The predicted molar refractivity (Wildman–Crippen MR) is 98.9 cm³/mol. The third kappa shape index (κ3) is 2.91. The Morgan fingerprint density at radius 3 is 2.88 bits per heavy atom. The molecule has 0 unspecified atom stereocenters. The van der Waals surface area contributed by atoms with Gasteiger partial charge in [-0.2, -0.15) is 10.4 Å². The Labute approximate surface area is 149 Å². The van der Waals surface area contributed by atoms with E-state index in [0.717, 1.165) is 52.9 Å². The molecular formula is C17H19N7S. The quantitative estimate of drug-likeness (QED) is 0.779. The lowest BCUT2D eigenvalue weighted by Gasteiger charge is -2.33. The molecule has 0 radical (unpaired) electrons. The second kappa shape index (κ2) is 6.33. The normalized spacial score (nSPS) is 15.5. The number of anilines is 2. The van der Waals surface area contributed by atoms with Gasteiger partial charge < -0.3 is 10.2 Å². The van der Waals surface area contributed by atoms with Crippen LogP contribution in [0.1, 0.15) is 24.1 Å². The zero-order chi connectivity index (χ0) is 17.4. The van der Waals surface area contributed by atoms with Gasteiger partial charge in [-0.05, 0) is 31.9 Å². The minimum atomic E-state index is 0.388. The molecular weight excluding hydrogens is 334 g/mol. The number of aryl methyl sites for hydroxylation is 2. The van der Waals surface area contributed by atoms with Crippen LogP contribution < -0.4 is 10.2 Å². The van der Waals surface area contributed by atoms with Crippen LogP contribution in [0.3, 0.4) is 0 Å². The Kier molecular flexibility index (Phi) is 4.01. The second-order valence-corrected chi connectivity index (χ2v) is 7.27. The minimum Gasteiger partial charge on any atom is -0.359 e. The van der Waals surface area contributed by atoms with Crippen LogP contribution in [-0.4, -0.2) is 38.9 Å². The molecule has 0 atom stereocenters. The predicted octanol–water partition coefficient (Wildman–Crippen LogP) is 2.69. The van der Waals surface area contributed by atoms with Crippen LogP contribution in [0.5, 0.6) is 0 Å². The van der Waals surface area contributed by atoms with E-state index in [1.165, 1.54) is 0 Å². The summed E-state index contributed by atoms with van der Waals surface area (Å²) >= 11 is 1.67. The van der Waals surface area contributed by atoms with Gasteiger partial charge in [0.1, 0.15) is 11.9 Å². The number of piperidine rings is 1. The van der Waals surface area contributed by atoms with Crippen molar-refractivity contribution < 1.29 is 0 Å². The molecule has 3 aromatic heterocycles. The first-order chi connectivity index (χ1) is 12.2. The van der Waals surface area contributed by atoms with Crippen LogP contribution in [-0.2, 0) is 7.05 Å². The molecule has 3 aromatic rings. The summed E-state index contributed by atoms with van der Waals surface area (Å²) in [4.78, 5) is 11.3. The fourth-order valence-corrected chi connectivity index (χ4v) is 4.30. The van der Waals surface area contributed by atoms with Gasteiger partial charge in [0.2, 0.25) is 0 Å². The number of aromatic nitrogens is 4. The largest absolute Gasteiger partial charge is 0.359 e. The van der Waals surface area contributed by atoms with Gasteiger partial charge in [-0.3, -0.25) is 0 Å². The van der Waals surface area contributed by atoms with E-state index >= 15 is 0 Å². The average Bonchev–Trinajstić information content (AvgIpc) is 3.16. The smallest absolute Gasteiger partial charge is 0.185 e. The van der Waals surface area contributed by atoms with E-state index < -0.39 is 0 Å². The molecule has 1 saturated heterocycles. The number of rotatable bonds is 3. The van der Waals surface area contributed by atoms with Crippen molar-refractivity contribution in [2.45, 2.75) is 25.8 Å². The molecule has 25 heavy (non-hydrogen) atoms. The number of nitrogens with one attached hydrogen (secondary N) is 1. The molecule has 0 amide bonds. The fourth-order valence-electron chi connectivity index (χ4n) is 3.29. The first-order valence-electron chi connectivity index (χ1n) is 8.32. The fraction of sp³-hybridized carbons (Fsp3) is 0.412. The topological polar surface area (TPSA) is 82.7 Å². The molecule has 0 saturated carbocycles. The Hall–Kier alpha value is -2.66. The molecule has 1 aliphatic heterocycles. The van der Waals surface area contributed by atoms with Crippen molar-refractivity contribution in [3.8, 4) is 6.07 Å². The number of thiazole rings is 1. The van der Waals surface area contributed by atoms with Gasteiger partial charge in [-0.15, -0.1) is 0 Å². The summed E-state index contributed by atoms with van der Waals surface area (Å²) in [5, 5.41) is 18.2. The summed E-state index contributed by atoms with van der Waals surface area (Å²) < 4.78 is 2.98. The maximum atomic E-state index is 9.25. The Morgan fingerprint density at radius 2 is 2.16 bits per heavy atom. The Balaban J connectivity index is 1.43. The summed E-state index contributed by atoms with van der Waals surface area (Å²) in [5.41, 5.74) is 2.61. The number of nitrogens with zero attached hydrogens (tertiary/aromatic N) is 6. The van der Waals surface area contributed by atoms with Gasteiger partial charge in [0.25, 0.3) is 0 Å². The van der Waals surface area contributed by atoms with E-state index in [-0.39, 0.29) is 0 Å². The lowest BCUT2D eigenvalue weighted by molar-refractivity contribution is 0.523. The zero-order valence-electron chi connectivity index (χ0n) is 14.2. The number of hydrogen-bond donors (Lipinski definition) is 1. The van der Waals surface area contributed by atoms with Gasteiger partial charge >= 0.3 is 0 Å². The van der Waals surface area contributed by atoms with Crippen LogP contribution in [0.25, 0.3) is 10.3 Å². The monoisotopic (exact) mass is 353 g/mol. The summed E-state index contributed by atoms with van der Waals surface area (Å²) in [7, 11) is 1.93. The van der Waals surface area contributed by atoms with E-state index in [4.69, 9.17) is 0 Å². The second-order valence-electron chi connectivity index (χ2n) is 6.27. The van der Waals surface area contributed by atoms with E-state index in [1.54, 1.807) is 23.6 Å². The first-order valence-corrected chi connectivity index (χ1v) is 9.14. The molecule has 1 fully saturated rings. The molecule has 0 aliphatic carbocycles. The first kappa shape index (κ1) is 15.8. The van der Waals surface area contributed by atoms with Crippen LogP contribution in [0.2, 0.25) is 0 Å². The third-order valence-electron chi connectivity index (χ3n) is 4.57. The maximum Gasteiger partial charge on any atom is 0.185 e. The average molecular weight is 353 g/mol. The SMILES string of the molecule is Cc1nn(C)c2nc(NC3CCN(c4ncccc4C#N)CC3)sc12. The number of nitriles is 1. The summed E-state index contributed by atoms with van der Waals surface area (Å²) in [5.74, 6) is 0.796. The highest BCUT2D eigenvalue weighted by atomic mass is 32.1. The Bertz CT molecular complexity index is 909. The maximum absolute atomic E-state index is 9.25. The van der Waals surface area contributed by atoms with E-state index in [9.17, 15) is 5.26 Å². The van der Waals surface area contributed by atoms with Crippen molar-refractivity contribution in [2.75, 3.05) is 23.3 Å². The van der Waals surface area contributed by atoms with Gasteiger partial charge in [0.15, 0.2) is 10.8 Å². The minimum absolute atomic E-state index is 0.388. The molecule has 8 heteroatoms. The van der Waals surface area contributed by atoms with Crippen molar-refractivity contribution >= 4 is 32.6 Å². The molecule has 1 aliphatic rings. The summed E-state index contributed by atoms with van der Waals surface area (Å²) in [6.45, 7) is 3.78.